The normalized spacial score (nSPS) is 29.4. The fraction of sp³-hybridized carbons (Fsp3) is 0.600. The van der Waals surface area contributed by atoms with Crippen LogP contribution in [0.4, 0.5) is 0 Å². The summed E-state index contributed by atoms with van der Waals surface area (Å²) in [4.78, 5) is 15.3. The van der Waals surface area contributed by atoms with E-state index in [2.05, 4.69) is 18.8 Å². The topological polar surface area (TPSA) is 29.4 Å². The average Bonchev–Trinajstić information content (AvgIpc) is 2.11. The van der Waals surface area contributed by atoms with Crippen LogP contribution in [0.25, 0.3) is 0 Å². The Bertz CT molecular complexity index is 240. The van der Waals surface area contributed by atoms with Crippen molar-refractivity contribution in [2.75, 3.05) is 0 Å². The molecular formula is C10H15NO. The lowest BCUT2D eigenvalue weighted by Gasteiger charge is -2.06. The number of aliphatic imine (C=N–C) groups is 1. The highest BCUT2D eigenvalue weighted by atomic mass is 16.1. The molecule has 0 bridgehead atoms. The van der Waals surface area contributed by atoms with Crippen LogP contribution in [0.5, 0.6) is 0 Å². The molecule has 2 nitrogen and oxygen atoms in total. The predicted octanol–water partition coefficient (Wildman–Crippen LogP) is 2.00. The maximum Gasteiger partial charge on any atom is 0.161 e. The first-order valence-corrected chi connectivity index (χ1v) is 4.35. The molecule has 12 heavy (non-hydrogen) atoms. The molecule has 0 aromatic rings. The molecule has 0 aromatic carbocycles. The Balaban J connectivity index is 2.84. The van der Waals surface area contributed by atoms with E-state index in [0.717, 1.165) is 12.0 Å². The van der Waals surface area contributed by atoms with Crippen LogP contribution in [-0.2, 0) is 4.79 Å². The first-order chi connectivity index (χ1) is 5.59. The van der Waals surface area contributed by atoms with Crippen LogP contribution in [0.3, 0.4) is 0 Å². The molecule has 0 aliphatic carbocycles. The van der Waals surface area contributed by atoms with E-state index in [4.69, 9.17) is 0 Å². The molecule has 0 spiro atoms. The maximum atomic E-state index is 11.0. The third-order valence-corrected chi connectivity index (χ3v) is 2.05. The summed E-state index contributed by atoms with van der Waals surface area (Å²) in [6, 6.07) is 0.341. The van der Waals surface area contributed by atoms with Gasteiger partial charge in [-0.05, 0) is 26.2 Å². The Morgan fingerprint density at radius 2 is 2.25 bits per heavy atom. The number of hydrogen-bond donors (Lipinski definition) is 0. The van der Waals surface area contributed by atoms with Crippen LogP contribution in [0.1, 0.15) is 27.2 Å². The van der Waals surface area contributed by atoms with E-state index < -0.39 is 0 Å². The van der Waals surface area contributed by atoms with Gasteiger partial charge in [-0.1, -0.05) is 13.0 Å². The smallest absolute Gasteiger partial charge is 0.161 e. The number of carbonyl (C=O) groups is 1. The van der Waals surface area contributed by atoms with Crippen LogP contribution in [-0.4, -0.2) is 18.0 Å². The quantitative estimate of drug-likeness (QED) is 0.584. The molecule has 1 aliphatic heterocycles. The third kappa shape index (κ3) is 2.29. The minimum Gasteiger partial charge on any atom is -0.294 e. The summed E-state index contributed by atoms with van der Waals surface area (Å²) in [5, 5.41) is 0. The second kappa shape index (κ2) is 3.65. The van der Waals surface area contributed by atoms with Gasteiger partial charge in [0.15, 0.2) is 5.78 Å². The Morgan fingerprint density at radius 3 is 2.83 bits per heavy atom. The second-order valence-corrected chi connectivity index (χ2v) is 3.52. The summed E-state index contributed by atoms with van der Waals surface area (Å²) >= 11 is 0. The number of carbonyl (C=O) groups excluding carboxylic acids is 1. The SMILES string of the molecule is CC(=O)C1=CC(C)CC(C)N=C1. The summed E-state index contributed by atoms with van der Waals surface area (Å²) in [5.74, 6) is 0.570. The average molecular weight is 165 g/mol. The first kappa shape index (κ1) is 9.17. The summed E-state index contributed by atoms with van der Waals surface area (Å²) in [7, 11) is 0. The molecule has 66 valence electrons. The zero-order chi connectivity index (χ0) is 9.14. The minimum atomic E-state index is 0.111. The molecule has 0 amide bonds. The molecule has 0 aromatic heterocycles. The van der Waals surface area contributed by atoms with Gasteiger partial charge >= 0.3 is 0 Å². The van der Waals surface area contributed by atoms with Crippen molar-refractivity contribution in [2.45, 2.75) is 33.2 Å². The van der Waals surface area contributed by atoms with Gasteiger partial charge in [0.2, 0.25) is 0 Å². The number of hydrogen-bond acceptors (Lipinski definition) is 2. The lowest BCUT2D eigenvalue weighted by atomic mass is 10.0. The van der Waals surface area contributed by atoms with E-state index >= 15 is 0 Å². The Hall–Kier alpha value is -0.920. The maximum absolute atomic E-state index is 11.0. The van der Waals surface area contributed by atoms with E-state index in [-0.39, 0.29) is 5.78 Å². The molecule has 0 N–H and O–H groups in total. The van der Waals surface area contributed by atoms with Crippen molar-refractivity contribution in [1.82, 2.24) is 0 Å². The van der Waals surface area contributed by atoms with E-state index in [1.165, 1.54) is 0 Å². The minimum absolute atomic E-state index is 0.111. The van der Waals surface area contributed by atoms with E-state index in [1.54, 1.807) is 13.1 Å². The predicted molar refractivity (Wildman–Crippen MR) is 50.5 cm³/mol. The van der Waals surface area contributed by atoms with Crippen LogP contribution in [0.2, 0.25) is 0 Å². The summed E-state index contributed by atoms with van der Waals surface area (Å²) in [5.41, 5.74) is 0.756. The number of nitrogens with zero attached hydrogens (tertiary/aromatic N) is 1. The van der Waals surface area contributed by atoms with Gasteiger partial charge in [-0.15, -0.1) is 0 Å². The molecular weight excluding hydrogens is 150 g/mol. The fourth-order valence-corrected chi connectivity index (χ4v) is 1.43. The molecule has 0 radical (unpaired) electrons. The fourth-order valence-electron chi connectivity index (χ4n) is 1.43. The third-order valence-electron chi connectivity index (χ3n) is 2.05. The van der Waals surface area contributed by atoms with E-state index in [9.17, 15) is 4.79 Å². The largest absolute Gasteiger partial charge is 0.294 e. The highest BCUT2D eigenvalue weighted by molar-refractivity contribution is 6.12. The number of rotatable bonds is 1. The van der Waals surface area contributed by atoms with Gasteiger partial charge in [-0.2, -0.15) is 0 Å². The number of allylic oxidation sites excluding steroid dienone is 2. The van der Waals surface area contributed by atoms with Crippen molar-refractivity contribution in [3.05, 3.63) is 11.6 Å². The second-order valence-electron chi connectivity index (χ2n) is 3.52. The Morgan fingerprint density at radius 1 is 1.58 bits per heavy atom. The van der Waals surface area contributed by atoms with Crippen molar-refractivity contribution in [2.24, 2.45) is 10.9 Å². The zero-order valence-corrected chi connectivity index (χ0v) is 7.87. The van der Waals surface area contributed by atoms with Gasteiger partial charge in [0.1, 0.15) is 0 Å². The van der Waals surface area contributed by atoms with E-state index in [1.807, 2.05) is 6.08 Å². The first-order valence-electron chi connectivity index (χ1n) is 4.35. The van der Waals surface area contributed by atoms with Gasteiger partial charge < -0.3 is 0 Å². The monoisotopic (exact) mass is 165 g/mol. The van der Waals surface area contributed by atoms with E-state index in [0.29, 0.717) is 12.0 Å². The van der Waals surface area contributed by atoms with Crippen LogP contribution >= 0.6 is 0 Å². The summed E-state index contributed by atoms with van der Waals surface area (Å²) in [6.45, 7) is 5.78. The number of Topliss-reactive ketones (excluding diaryl/α,β-unsaturated/α-hetero) is 1. The highest BCUT2D eigenvalue weighted by Crippen LogP contribution is 2.15. The lowest BCUT2D eigenvalue weighted by Crippen LogP contribution is -2.01. The van der Waals surface area contributed by atoms with Crippen molar-refractivity contribution >= 4 is 12.0 Å². The molecule has 1 rings (SSSR count). The van der Waals surface area contributed by atoms with Gasteiger partial charge in [-0.25, -0.2) is 0 Å². The molecule has 2 atom stereocenters. The molecule has 0 saturated heterocycles. The molecule has 2 unspecified atom stereocenters. The van der Waals surface area contributed by atoms with Crippen LogP contribution in [0, 0.1) is 5.92 Å². The molecule has 0 fully saturated rings. The molecule has 0 saturated carbocycles. The highest BCUT2D eigenvalue weighted by Gasteiger charge is 2.11. The van der Waals surface area contributed by atoms with Gasteiger partial charge in [0, 0.05) is 17.8 Å². The standard InChI is InChI=1S/C10H15NO/c1-7-4-8(2)11-6-10(5-7)9(3)12/h5-8H,4H2,1-3H3. The van der Waals surface area contributed by atoms with Crippen LogP contribution < -0.4 is 0 Å². The molecule has 2 heteroatoms. The number of ketones is 1. The molecule has 1 aliphatic rings. The van der Waals surface area contributed by atoms with Crippen molar-refractivity contribution in [3.63, 3.8) is 0 Å². The van der Waals surface area contributed by atoms with Crippen molar-refractivity contribution in [3.8, 4) is 0 Å². The lowest BCUT2D eigenvalue weighted by molar-refractivity contribution is -0.113. The van der Waals surface area contributed by atoms with Gasteiger partial charge in [-0.3, -0.25) is 9.79 Å². The van der Waals surface area contributed by atoms with Gasteiger partial charge in [0.05, 0.1) is 0 Å². The summed E-state index contributed by atoms with van der Waals surface area (Å²) < 4.78 is 0. The Labute approximate surface area is 73.4 Å². The van der Waals surface area contributed by atoms with Crippen molar-refractivity contribution in [1.29, 1.82) is 0 Å². The van der Waals surface area contributed by atoms with Crippen molar-refractivity contribution < 1.29 is 4.79 Å². The zero-order valence-electron chi connectivity index (χ0n) is 7.87. The Kier molecular flexibility index (Phi) is 2.79. The van der Waals surface area contributed by atoms with Crippen LogP contribution in [0.15, 0.2) is 16.6 Å². The summed E-state index contributed by atoms with van der Waals surface area (Å²) in [6.07, 6.45) is 4.75. The molecule has 1 heterocycles. The van der Waals surface area contributed by atoms with Gasteiger partial charge in [0.25, 0.3) is 0 Å².